The summed E-state index contributed by atoms with van der Waals surface area (Å²) in [6.45, 7) is 0. The number of hydrogen-bond donors (Lipinski definition) is 3. The number of hydrogen-bond acceptors (Lipinski definition) is 5. The number of nitrogens with zero attached hydrogens (tertiary/aromatic N) is 3. The minimum atomic E-state index is -5.57. The molecule has 0 spiro atoms. The maximum atomic E-state index is 13.7. The van der Waals surface area contributed by atoms with E-state index >= 15 is 0 Å². The van der Waals surface area contributed by atoms with Crippen LogP contribution in [0.1, 0.15) is 23.4 Å². The second-order valence-electron chi connectivity index (χ2n) is 4.88. The number of nitrogens with one attached hydrogen (secondary N) is 1. The fraction of sp³-hybridized carbons (Fsp3) is 0.417. The smallest absolute Gasteiger partial charge is 0.320 e. The molecule has 3 N–H and O–H groups in total. The quantitative estimate of drug-likeness (QED) is 0.425. The Kier molecular flexibility index (Phi) is 6.49. The van der Waals surface area contributed by atoms with Crippen LogP contribution in [0.5, 0.6) is 0 Å². The van der Waals surface area contributed by atoms with E-state index in [-0.39, 0.29) is 4.47 Å². The summed E-state index contributed by atoms with van der Waals surface area (Å²) in [4.78, 5) is 17.6. The molecule has 0 bridgehead atoms. The molecule has 0 saturated heterocycles. The van der Waals surface area contributed by atoms with Crippen molar-refractivity contribution >= 4 is 35.3 Å². The zero-order chi connectivity index (χ0) is 17.8. The predicted molar refractivity (Wildman–Crippen MR) is 88.7 cm³/mol. The SMILES string of the molecule is O=P(O)(O)C(F)(F)c1ccc(CSCCCc2nn[nH]n2)cc1Br. The Morgan fingerprint density at radius 1 is 1.38 bits per heavy atom. The largest absolute Gasteiger partial charge is 0.399 e. The lowest BCUT2D eigenvalue weighted by atomic mass is 10.1. The fourth-order valence-corrected chi connectivity index (χ4v) is 4.11. The number of halogens is 3. The molecule has 0 aliphatic heterocycles. The number of rotatable bonds is 8. The highest BCUT2D eigenvalue weighted by Crippen LogP contribution is 2.60. The number of aromatic amines is 1. The summed E-state index contributed by atoms with van der Waals surface area (Å²) in [6.07, 6.45) is 1.54. The van der Waals surface area contributed by atoms with Crippen molar-refractivity contribution in [3.05, 3.63) is 39.6 Å². The van der Waals surface area contributed by atoms with Gasteiger partial charge in [-0.15, -0.1) is 10.2 Å². The van der Waals surface area contributed by atoms with Gasteiger partial charge in [-0.3, -0.25) is 4.57 Å². The van der Waals surface area contributed by atoms with Crippen molar-refractivity contribution in [1.82, 2.24) is 20.6 Å². The van der Waals surface area contributed by atoms with E-state index in [4.69, 9.17) is 9.79 Å². The highest BCUT2D eigenvalue weighted by Gasteiger charge is 2.51. The summed E-state index contributed by atoms with van der Waals surface area (Å²) < 4.78 is 38.4. The maximum Gasteiger partial charge on any atom is 0.399 e. The molecule has 132 valence electrons. The number of alkyl halides is 2. The van der Waals surface area contributed by atoms with Crippen LogP contribution in [-0.4, -0.2) is 36.2 Å². The molecule has 0 saturated carbocycles. The van der Waals surface area contributed by atoms with Gasteiger partial charge in [-0.05, 0) is 23.8 Å². The molecule has 0 unspecified atom stereocenters. The van der Waals surface area contributed by atoms with Gasteiger partial charge in [0.05, 0.1) is 0 Å². The van der Waals surface area contributed by atoms with Crippen molar-refractivity contribution in [2.24, 2.45) is 0 Å². The van der Waals surface area contributed by atoms with E-state index in [1.54, 1.807) is 11.8 Å². The van der Waals surface area contributed by atoms with E-state index in [2.05, 4.69) is 36.6 Å². The third-order valence-electron chi connectivity index (χ3n) is 3.07. The lowest BCUT2D eigenvalue weighted by Gasteiger charge is -2.19. The molecule has 7 nitrogen and oxygen atoms in total. The lowest BCUT2D eigenvalue weighted by Crippen LogP contribution is -2.14. The van der Waals surface area contributed by atoms with Gasteiger partial charge >= 0.3 is 13.3 Å². The monoisotopic (exact) mass is 442 g/mol. The summed E-state index contributed by atoms with van der Waals surface area (Å²) in [5.74, 6) is 2.06. The van der Waals surface area contributed by atoms with Gasteiger partial charge in [-0.25, -0.2) is 0 Å². The van der Waals surface area contributed by atoms with Crippen LogP contribution in [0.2, 0.25) is 0 Å². The molecular weight excluding hydrogens is 429 g/mol. The summed E-state index contributed by atoms with van der Waals surface area (Å²) in [5.41, 5.74) is -4.17. The van der Waals surface area contributed by atoms with Crippen LogP contribution in [0.25, 0.3) is 0 Å². The summed E-state index contributed by atoms with van der Waals surface area (Å²) in [7, 11) is -5.57. The number of thioether (sulfide) groups is 1. The van der Waals surface area contributed by atoms with Crippen molar-refractivity contribution in [3.8, 4) is 0 Å². The van der Waals surface area contributed by atoms with Crippen LogP contribution in [-0.2, 0) is 22.4 Å². The normalized spacial score (nSPS) is 12.5. The van der Waals surface area contributed by atoms with Crippen molar-refractivity contribution in [2.45, 2.75) is 24.3 Å². The van der Waals surface area contributed by atoms with Crippen LogP contribution >= 0.6 is 35.3 Å². The molecule has 1 aromatic carbocycles. The summed E-state index contributed by atoms with van der Waals surface area (Å²) in [5, 5.41) is 13.5. The Morgan fingerprint density at radius 2 is 2.12 bits per heavy atom. The van der Waals surface area contributed by atoms with E-state index in [1.807, 2.05) is 0 Å². The Morgan fingerprint density at radius 3 is 2.71 bits per heavy atom. The van der Waals surface area contributed by atoms with Crippen molar-refractivity contribution < 1.29 is 23.1 Å². The maximum absolute atomic E-state index is 13.7. The Labute approximate surface area is 148 Å². The van der Waals surface area contributed by atoms with E-state index < -0.39 is 18.8 Å². The second kappa shape index (κ2) is 8.01. The third kappa shape index (κ3) is 4.82. The molecule has 2 rings (SSSR count). The Bertz CT molecular complexity index is 729. The van der Waals surface area contributed by atoms with Gasteiger partial charge in [0.25, 0.3) is 0 Å². The Balaban J connectivity index is 1.89. The number of tetrazole rings is 1. The lowest BCUT2D eigenvalue weighted by molar-refractivity contribution is 0.0557. The second-order valence-corrected chi connectivity index (χ2v) is 8.49. The molecule has 0 radical (unpaired) electrons. The van der Waals surface area contributed by atoms with Gasteiger partial charge in [0.2, 0.25) is 0 Å². The first kappa shape index (κ1) is 19.5. The highest BCUT2D eigenvalue weighted by atomic mass is 79.9. The highest BCUT2D eigenvalue weighted by molar-refractivity contribution is 9.10. The topological polar surface area (TPSA) is 112 Å². The van der Waals surface area contributed by atoms with Gasteiger partial charge < -0.3 is 9.79 Å². The zero-order valence-electron chi connectivity index (χ0n) is 12.2. The van der Waals surface area contributed by atoms with Gasteiger partial charge in [-0.1, -0.05) is 33.3 Å². The van der Waals surface area contributed by atoms with Gasteiger partial charge in [-0.2, -0.15) is 25.8 Å². The van der Waals surface area contributed by atoms with Gasteiger partial charge in [0.15, 0.2) is 5.82 Å². The molecule has 12 heteroatoms. The van der Waals surface area contributed by atoms with Crippen LogP contribution in [0, 0.1) is 0 Å². The average Bonchev–Trinajstić information content (AvgIpc) is 2.99. The minimum absolute atomic E-state index is 0.0271. The predicted octanol–water partition coefficient (Wildman–Crippen LogP) is 3.06. The fourth-order valence-electron chi connectivity index (χ4n) is 1.86. The molecule has 1 aromatic heterocycles. The molecule has 1 heterocycles. The first-order chi connectivity index (χ1) is 11.2. The minimum Gasteiger partial charge on any atom is -0.320 e. The average molecular weight is 443 g/mol. The standard InChI is InChI=1S/C12H14BrF2N4O3PS/c13-10-6-8(3-4-9(10)12(14,15)23(20,21)22)7-24-5-1-2-11-16-18-19-17-11/h3-4,6H,1-2,5,7H2,(H2,20,21,22)(H,16,17,18,19). The molecule has 24 heavy (non-hydrogen) atoms. The van der Waals surface area contributed by atoms with Crippen molar-refractivity contribution in [3.63, 3.8) is 0 Å². The number of benzene rings is 1. The third-order valence-corrected chi connectivity index (χ3v) is 5.81. The van der Waals surface area contributed by atoms with Gasteiger partial charge in [0, 0.05) is 22.2 Å². The van der Waals surface area contributed by atoms with Crippen molar-refractivity contribution in [2.75, 3.05) is 5.75 Å². The number of aryl methyl sites for hydroxylation is 1. The first-order valence-electron chi connectivity index (χ1n) is 6.74. The molecule has 0 aliphatic rings. The summed E-state index contributed by atoms with van der Waals surface area (Å²) in [6, 6.07) is 3.93. The zero-order valence-corrected chi connectivity index (χ0v) is 15.5. The number of aromatic nitrogens is 4. The molecule has 0 atom stereocenters. The molecular formula is C12H14BrF2N4O3PS. The van der Waals surface area contributed by atoms with Crippen LogP contribution < -0.4 is 0 Å². The van der Waals surface area contributed by atoms with Crippen LogP contribution in [0.15, 0.2) is 22.7 Å². The van der Waals surface area contributed by atoms with Crippen LogP contribution in [0.3, 0.4) is 0 Å². The van der Waals surface area contributed by atoms with Gasteiger partial charge in [0.1, 0.15) is 0 Å². The molecule has 0 aliphatic carbocycles. The van der Waals surface area contributed by atoms with E-state index in [0.29, 0.717) is 18.0 Å². The van der Waals surface area contributed by atoms with E-state index in [0.717, 1.165) is 23.8 Å². The number of H-pyrrole nitrogens is 1. The van der Waals surface area contributed by atoms with Crippen molar-refractivity contribution in [1.29, 1.82) is 0 Å². The van der Waals surface area contributed by atoms with E-state index in [9.17, 15) is 13.3 Å². The summed E-state index contributed by atoms with van der Waals surface area (Å²) >= 11 is 4.57. The van der Waals surface area contributed by atoms with E-state index in [1.165, 1.54) is 12.1 Å². The first-order valence-corrected chi connectivity index (χ1v) is 10.3. The molecule has 0 fully saturated rings. The van der Waals surface area contributed by atoms with Crippen LogP contribution in [0.4, 0.5) is 8.78 Å². The molecule has 2 aromatic rings. The molecule has 0 amide bonds. The Hall–Kier alpha value is -0.870.